The number of carbonyl (C=O) groups is 1. The Hall–Kier alpha value is -2.40. The standard InChI is InChI=1S/C19H22FN3O/c1-15(24)21-18-6-2-16(3-7-18)14-22-10-12-23(13-11-22)19-8-4-17(20)5-9-19/h2-9H,10-14H2,1H3,(H,21,24)/p+1. The smallest absolute Gasteiger partial charge is 0.221 e. The Bertz CT molecular complexity index is 677. The molecule has 0 bridgehead atoms. The number of amides is 1. The highest BCUT2D eigenvalue weighted by Gasteiger charge is 2.20. The summed E-state index contributed by atoms with van der Waals surface area (Å²) in [7, 11) is 0. The molecule has 3 rings (SSSR count). The van der Waals surface area contributed by atoms with E-state index in [0.717, 1.165) is 44.1 Å². The number of hydrogen-bond acceptors (Lipinski definition) is 2. The lowest BCUT2D eigenvalue weighted by Gasteiger charge is -2.33. The van der Waals surface area contributed by atoms with Gasteiger partial charge in [-0.3, -0.25) is 4.79 Å². The van der Waals surface area contributed by atoms with Crippen molar-refractivity contribution in [2.75, 3.05) is 36.4 Å². The van der Waals surface area contributed by atoms with Gasteiger partial charge in [-0.25, -0.2) is 4.39 Å². The summed E-state index contributed by atoms with van der Waals surface area (Å²) in [6.45, 7) is 6.57. The molecule has 0 aromatic heterocycles. The second kappa shape index (κ2) is 7.45. The van der Waals surface area contributed by atoms with Crippen molar-refractivity contribution in [3.05, 3.63) is 59.9 Å². The molecule has 0 radical (unpaired) electrons. The van der Waals surface area contributed by atoms with Gasteiger partial charge in [0.25, 0.3) is 0 Å². The SMILES string of the molecule is CC(=O)Nc1ccc(C[NH+]2CCN(c3ccc(F)cc3)CC2)cc1. The molecule has 2 N–H and O–H groups in total. The van der Waals surface area contributed by atoms with Gasteiger partial charge in [0.1, 0.15) is 12.4 Å². The number of nitrogens with one attached hydrogen (secondary N) is 2. The summed E-state index contributed by atoms with van der Waals surface area (Å²) >= 11 is 0. The molecule has 1 fully saturated rings. The Morgan fingerprint density at radius 1 is 1.08 bits per heavy atom. The van der Waals surface area contributed by atoms with Crippen LogP contribution in [-0.2, 0) is 11.3 Å². The largest absolute Gasteiger partial charge is 0.360 e. The van der Waals surface area contributed by atoms with Crippen LogP contribution in [0.5, 0.6) is 0 Å². The molecule has 0 atom stereocenters. The van der Waals surface area contributed by atoms with Crippen LogP contribution in [0.2, 0.25) is 0 Å². The van der Waals surface area contributed by atoms with E-state index in [0.29, 0.717) is 0 Å². The summed E-state index contributed by atoms with van der Waals surface area (Å²) in [4.78, 5) is 14.9. The zero-order valence-corrected chi connectivity index (χ0v) is 13.9. The quantitative estimate of drug-likeness (QED) is 0.896. The number of nitrogens with zero attached hydrogens (tertiary/aromatic N) is 1. The number of carbonyl (C=O) groups excluding carboxylic acids is 1. The number of quaternary nitrogens is 1. The van der Waals surface area contributed by atoms with Crippen molar-refractivity contribution in [2.24, 2.45) is 0 Å². The van der Waals surface area contributed by atoms with Crippen LogP contribution in [0, 0.1) is 5.82 Å². The Labute approximate surface area is 141 Å². The lowest BCUT2D eigenvalue weighted by molar-refractivity contribution is -0.914. The summed E-state index contributed by atoms with van der Waals surface area (Å²) in [5, 5.41) is 2.78. The fraction of sp³-hybridized carbons (Fsp3) is 0.316. The third-order valence-corrected chi connectivity index (χ3v) is 4.39. The molecule has 1 aliphatic heterocycles. The van der Waals surface area contributed by atoms with Gasteiger partial charge in [-0.15, -0.1) is 0 Å². The minimum atomic E-state index is -0.189. The number of piperazine rings is 1. The molecule has 24 heavy (non-hydrogen) atoms. The van der Waals surface area contributed by atoms with Gasteiger partial charge in [0.15, 0.2) is 0 Å². The lowest BCUT2D eigenvalue weighted by Crippen LogP contribution is -3.13. The van der Waals surface area contributed by atoms with Gasteiger partial charge in [0, 0.05) is 23.9 Å². The van der Waals surface area contributed by atoms with E-state index in [4.69, 9.17) is 0 Å². The molecule has 2 aromatic carbocycles. The Morgan fingerprint density at radius 2 is 1.71 bits per heavy atom. The molecule has 0 aliphatic carbocycles. The monoisotopic (exact) mass is 328 g/mol. The summed E-state index contributed by atoms with van der Waals surface area (Å²) in [6.07, 6.45) is 0. The second-order valence-corrected chi connectivity index (χ2v) is 6.27. The highest BCUT2D eigenvalue weighted by molar-refractivity contribution is 5.88. The predicted molar refractivity (Wildman–Crippen MR) is 93.8 cm³/mol. The molecule has 4 nitrogen and oxygen atoms in total. The van der Waals surface area contributed by atoms with Crippen molar-refractivity contribution in [2.45, 2.75) is 13.5 Å². The Morgan fingerprint density at radius 3 is 2.29 bits per heavy atom. The first-order valence-electron chi connectivity index (χ1n) is 8.31. The van der Waals surface area contributed by atoms with E-state index in [1.807, 2.05) is 24.3 Å². The van der Waals surface area contributed by atoms with E-state index in [-0.39, 0.29) is 11.7 Å². The normalized spacial score (nSPS) is 15.3. The summed E-state index contributed by atoms with van der Waals surface area (Å²) in [5.41, 5.74) is 3.20. The molecular formula is C19H23FN3O+. The average Bonchev–Trinajstić information content (AvgIpc) is 2.58. The zero-order chi connectivity index (χ0) is 16.9. The average molecular weight is 328 g/mol. The lowest BCUT2D eigenvalue weighted by atomic mass is 10.1. The van der Waals surface area contributed by atoms with Crippen LogP contribution < -0.4 is 15.1 Å². The number of hydrogen-bond donors (Lipinski definition) is 2. The van der Waals surface area contributed by atoms with Crippen molar-refractivity contribution in [3.63, 3.8) is 0 Å². The molecule has 2 aromatic rings. The van der Waals surface area contributed by atoms with E-state index in [1.54, 1.807) is 4.90 Å². The minimum absolute atomic E-state index is 0.0507. The van der Waals surface area contributed by atoms with Gasteiger partial charge in [-0.05, 0) is 36.4 Å². The van der Waals surface area contributed by atoms with Gasteiger partial charge in [0.05, 0.1) is 26.2 Å². The van der Waals surface area contributed by atoms with Gasteiger partial charge >= 0.3 is 0 Å². The maximum atomic E-state index is 13.0. The zero-order valence-electron chi connectivity index (χ0n) is 13.9. The van der Waals surface area contributed by atoms with Crippen LogP contribution in [0.1, 0.15) is 12.5 Å². The first-order valence-corrected chi connectivity index (χ1v) is 8.31. The number of rotatable bonds is 4. The minimum Gasteiger partial charge on any atom is -0.360 e. The Kier molecular flexibility index (Phi) is 5.11. The van der Waals surface area contributed by atoms with Crippen molar-refractivity contribution >= 4 is 17.3 Å². The number of halogens is 1. The highest BCUT2D eigenvalue weighted by Crippen LogP contribution is 2.14. The molecule has 1 heterocycles. The highest BCUT2D eigenvalue weighted by atomic mass is 19.1. The maximum absolute atomic E-state index is 13.0. The molecule has 0 spiro atoms. The first kappa shape index (κ1) is 16.5. The van der Waals surface area contributed by atoms with Crippen LogP contribution in [-0.4, -0.2) is 32.1 Å². The maximum Gasteiger partial charge on any atom is 0.221 e. The summed E-state index contributed by atoms with van der Waals surface area (Å²) in [6, 6.07) is 14.8. The van der Waals surface area contributed by atoms with Crippen LogP contribution in [0.4, 0.5) is 15.8 Å². The Balaban J connectivity index is 1.51. The van der Waals surface area contributed by atoms with E-state index >= 15 is 0 Å². The van der Waals surface area contributed by atoms with Crippen LogP contribution in [0.3, 0.4) is 0 Å². The van der Waals surface area contributed by atoms with Crippen LogP contribution >= 0.6 is 0 Å². The molecule has 1 saturated heterocycles. The first-order chi connectivity index (χ1) is 11.6. The fourth-order valence-corrected chi connectivity index (χ4v) is 3.11. The summed E-state index contributed by atoms with van der Waals surface area (Å²) in [5.74, 6) is -0.240. The fourth-order valence-electron chi connectivity index (χ4n) is 3.11. The van der Waals surface area contributed by atoms with Crippen molar-refractivity contribution in [3.8, 4) is 0 Å². The molecule has 0 unspecified atom stereocenters. The number of anilines is 2. The number of benzene rings is 2. The van der Waals surface area contributed by atoms with E-state index in [1.165, 1.54) is 24.6 Å². The molecule has 5 heteroatoms. The third kappa shape index (κ3) is 4.32. The van der Waals surface area contributed by atoms with Crippen molar-refractivity contribution < 1.29 is 14.1 Å². The van der Waals surface area contributed by atoms with Crippen molar-refractivity contribution in [1.82, 2.24) is 0 Å². The molecule has 1 amide bonds. The van der Waals surface area contributed by atoms with Gasteiger partial charge in [0.2, 0.25) is 5.91 Å². The molecule has 0 saturated carbocycles. The second-order valence-electron chi connectivity index (χ2n) is 6.27. The van der Waals surface area contributed by atoms with Gasteiger partial charge in [-0.1, -0.05) is 12.1 Å². The topological polar surface area (TPSA) is 36.8 Å². The van der Waals surface area contributed by atoms with Crippen LogP contribution in [0.25, 0.3) is 0 Å². The van der Waals surface area contributed by atoms with Crippen LogP contribution in [0.15, 0.2) is 48.5 Å². The molecule has 1 aliphatic rings. The van der Waals surface area contributed by atoms with E-state index in [2.05, 4.69) is 22.3 Å². The predicted octanol–water partition coefficient (Wildman–Crippen LogP) is 1.69. The van der Waals surface area contributed by atoms with Gasteiger partial charge < -0.3 is 15.1 Å². The van der Waals surface area contributed by atoms with Gasteiger partial charge in [-0.2, -0.15) is 0 Å². The van der Waals surface area contributed by atoms with E-state index in [9.17, 15) is 9.18 Å². The summed E-state index contributed by atoms with van der Waals surface area (Å²) < 4.78 is 13.0. The van der Waals surface area contributed by atoms with E-state index < -0.39 is 0 Å². The van der Waals surface area contributed by atoms with Crippen molar-refractivity contribution in [1.29, 1.82) is 0 Å². The molecule has 126 valence electrons. The molecular weight excluding hydrogens is 305 g/mol. The third-order valence-electron chi connectivity index (χ3n) is 4.39.